The SMILES string of the molecule is CCC[C@H](NC(=O)[C@@H]1CC2CN1C(=O)[C@H](C(C)(C)C)NC(=O)OCCCCCCc1cccc3c1CN(C3)C(=O)O2)C(=O)C(=O)NC(C)c1ccccc1. The topological polar surface area (TPSA) is 163 Å². The van der Waals surface area contributed by atoms with Crippen LogP contribution in [0.5, 0.6) is 0 Å². The molecule has 54 heavy (non-hydrogen) atoms. The summed E-state index contributed by atoms with van der Waals surface area (Å²) in [7, 11) is 0. The molecule has 0 spiro atoms. The summed E-state index contributed by atoms with van der Waals surface area (Å²) in [5.74, 6) is -2.86. The van der Waals surface area contributed by atoms with Crippen LogP contribution >= 0.6 is 0 Å². The second-order valence-electron chi connectivity index (χ2n) is 15.7. The second-order valence-corrected chi connectivity index (χ2v) is 15.7. The Kier molecular flexibility index (Phi) is 13.4. The standard InChI is InChI=1S/C41H55N5O8/c1-6-15-32(34(47)37(49)42-26(2)27-16-11-9-12-17-27)43-36(48)33-22-30-24-46(33)38(50)35(41(3,4)5)44-39(51)53-21-13-8-7-10-18-28-19-14-20-29-23-45(25-31(28)29)40(52)54-30/h9,11-12,14,16-17,19-20,26,30,32-33,35H,6-8,10,13,15,18,21-25H2,1-5H3,(H,42,49)(H,43,48)(H,44,51)/t26?,30?,32-,33-,35+/m0/s1. The van der Waals surface area contributed by atoms with E-state index in [0.717, 1.165) is 42.4 Å². The number of fused-ring (bicyclic) bond motifs is 3. The number of ether oxygens (including phenoxy) is 2. The van der Waals surface area contributed by atoms with Crippen LogP contribution in [0.3, 0.4) is 0 Å². The number of nitrogens with one attached hydrogen (secondary N) is 3. The smallest absolute Gasteiger partial charge is 0.410 e. The quantitative estimate of drug-likeness (QED) is 0.315. The number of ketones is 1. The number of nitrogens with zero attached hydrogens (tertiary/aromatic N) is 2. The van der Waals surface area contributed by atoms with Gasteiger partial charge in [-0.15, -0.1) is 0 Å². The number of Topliss-reactive ketones (excluding diaryl/α,β-unsaturated/α-hetero) is 1. The predicted molar refractivity (Wildman–Crippen MR) is 201 cm³/mol. The lowest BCUT2D eigenvalue weighted by atomic mass is 9.85. The van der Waals surface area contributed by atoms with Crippen molar-refractivity contribution in [2.24, 2.45) is 5.41 Å². The molecule has 13 heteroatoms. The molecule has 5 atom stereocenters. The van der Waals surface area contributed by atoms with Crippen molar-refractivity contribution < 1.29 is 38.2 Å². The molecule has 0 saturated carbocycles. The first-order valence-electron chi connectivity index (χ1n) is 19.3. The molecular formula is C41H55N5O8. The fourth-order valence-electron chi connectivity index (χ4n) is 7.43. The first kappa shape index (κ1) is 40.2. The van der Waals surface area contributed by atoms with Crippen molar-refractivity contribution in [3.05, 3.63) is 70.8 Å². The Labute approximate surface area is 317 Å². The van der Waals surface area contributed by atoms with Crippen molar-refractivity contribution in [3.8, 4) is 0 Å². The molecule has 1 saturated heterocycles. The molecule has 292 valence electrons. The summed E-state index contributed by atoms with van der Waals surface area (Å²) < 4.78 is 11.5. The molecule has 3 N–H and O–H groups in total. The fourth-order valence-corrected chi connectivity index (χ4v) is 7.43. The number of hydrogen-bond acceptors (Lipinski definition) is 8. The van der Waals surface area contributed by atoms with Crippen LogP contribution in [0.15, 0.2) is 48.5 Å². The van der Waals surface area contributed by atoms with Crippen LogP contribution in [0.1, 0.15) is 108 Å². The zero-order valence-electron chi connectivity index (χ0n) is 32.2. The molecule has 5 rings (SSSR count). The lowest BCUT2D eigenvalue weighted by Crippen LogP contribution is -2.59. The summed E-state index contributed by atoms with van der Waals surface area (Å²) in [6.07, 6.45) is 2.80. The van der Waals surface area contributed by atoms with Gasteiger partial charge in [0.2, 0.25) is 17.6 Å². The van der Waals surface area contributed by atoms with Crippen molar-refractivity contribution in [1.82, 2.24) is 25.8 Å². The van der Waals surface area contributed by atoms with E-state index in [-0.39, 0.29) is 26.0 Å². The summed E-state index contributed by atoms with van der Waals surface area (Å²) in [6.45, 7) is 9.86. The van der Waals surface area contributed by atoms with Crippen LogP contribution in [-0.4, -0.2) is 82.9 Å². The van der Waals surface area contributed by atoms with Crippen LogP contribution in [-0.2, 0) is 48.2 Å². The molecule has 2 unspecified atom stereocenters. The predicted octanol–water partition coefficient (Wildman–Crippen LogP) is 5.10. The van der Waals surface area contributed by atoms with Gasteiger partial charge in [-0.1, -0.05) is 95.5 Å². The van der Waals surface area contributed by atoms with Crippen molar-refractivity contribution in [2.45, 2.75) is 129 Å². The third-order valence-electron chi connectivity index (χ3n) is 10.5. The molecule has 0 aromatic heterocycles. The summed E-state index contributed by atoms with van der Waals surface area (Å²) >= 11 is 0. The molecule has 2 aromatic rings. The van der Waals surface area contributed by atoms with Gasteiger partial charge in [-0.3, -0.25) is 24.1 Å². The number of carbonyl (C=O) groups is 6. The van der Waals surface area contributed by atoms with Crippen LogP contribution in [0.4, 0.5) is 9.59 Å². The fraction of sp³-hybridized carbons (Fsp3) is 0.561. The van der Waals surface area contributed by atoms with Gasteiger partial charge in [-0.05, 0) is 60.3 Å². The monoisotopic (exact) mass is 745 g/mol. The number of hydrogen-bond donors (Lipinski definition) is 3. The van der Waals surface area contributed by atoms with Gasteiger partial charge in [-0.25, -0.2) is 9.59 Å². The minimum atomic E-state index is -1.16. The first-order chi connectivity index (χ1) is 25.8. The zero-order chi connectivity index (χ0) is 39.0. The molecule has 0 radical (unpaired) electrons. The van der Waals surface area contributed by atoms with Gasteiger partial charge in [0.25, 0.3) is 5.91 Å². The van der Waals surface area contributed by atoms with E-state index in [1.807, 2.05) is 49.4 Å². The van der Waals surface area contributed by atoms with Crippen LogP contribution in [0.25, 0.3) is 0 Å². The Bertz CT molecular complexity index is 1690. The lowest BCUT2D eigenvalue weighted by molar-refractivity contribution is -0.144. The van der Waals surface area contributed by atoms with E-state index in [4.69, 9.17) is 9.47 Å². The normalized spacial score (nSPS) is 22.3. The van der Waals surface area contributed by atoms with Gasteiger partial charge in [0, 0.05) is 19.5 Å². The summed E-state index contributed by atoms with van der Waals surface area (Å²) in [6, 6.07) is 11.5. The molecule has 4 bridgehead atoms. The Balaban J connectivity index is 1.38. The van der Waals surface area contributed by atoms with Gasteiger partial charge in [-0.2, -0.15) is 0 Å². The number of aryl methyl sites for hydroxylation is 1. The van der Waals surface area contributed by atoms with Gasteiger partial charge < -0.3 is 30.3 Å². The van der Waals surface area contributed by atoms with E-state index >= 15 is 0 Å². The highest BCUT2D eigenvalue weighted by molar-refractivity contribution is 6.38. The van der Waals surface area contributed by atoms with Gasteiger partial charge in [0.05, 0.1) is 25.2 Å². The number of rotatable bonds is 8. The maximum absolute atomic E-state index is 14.4. The van der Waals surface area contributed by atoms with Gasteiger partial charge in [0.1, 0.15) is 18.2 Å². The Morgan fingerprint density at radius 3 is 2.37 bits per heavy atom. The molecule has 5 amide bonds. The highest BCUT2D eigenvalue weighted by atomic mass is 16.6. The Hall–Kier alpha value is -4.94. The van der Waals surface area contributed by atoms with Crippen LogP contribution in [0, 0.1) is 5.41 Å². The van der Waals surface area contributed by atoms with E-state index in [2.05, 4.69) is 22.0 Å². The number of benzene rings is 2. The second kappa shape index (κ2) is 17.9. The third-order valence-corrected chi connectivity index (χ3v) is 10.5. The zero-order valence-corrected chi connectivity index (χ0v) is 32.2. The highest BCUT2D eigenvalue weighted by Crippen LogP contribution is 2.31. The van der Waals surface area contributed by atoms with Crippen molar-refractivity contribution in [3.63, 3.8) is 0 Å². The Morgan fingerprint density at radius 1 is 0.926 bits per heavy atom. The average Bonchev–Trinajstić information content (AvgIpc) is 3.78. The number of amides is 5. The van der Waals surface area contributed by atoms with Gasteiger partial charge >= 0.3 is 12.2 Å². The third kappa shape index (κ3) is 9.97. The summed E-state index contributed by atoms with van der Waals surface area (Å²) in [5, 5.41) is 8.20. The molecule has 3 aliphatic heterocycles. The Morgan fingerprint density at radius 2 is 1.65 bits per heavy atom. The molecule has 3 aliphatic rings. The number of alkyl carbamates (subject to hydrolysis) is 1. The van der Waals surface area contributed by atoms with E-state index in [1.165, 1.54) is 10.5 Å². The van der Waals surface area contributed by atoms with Crippen LogP contribution in [0.2, 0.25) is 0 Å². The maximum atomic E-state index is 14.4. The molecular weight excluding hydrogens is 690 g/mol. The average molecular weight is 746 g/mol. The van der Waals surface area contributed by atoms with Crippen molar-refractivity contribution in [1.29, 1.82) is 0 Å². The molecule has 3 heterocycles. The largest absolute Gasteiger partial charge is 0.450 e. The minimum Gasteiger partial charge on any atom is -0.450 e. The van der Waals surface area contributed by atoms with E-state index in [0.29, 0.717) is 25.9 Å². The van der Waals surface area contributed by atoms with Gasteiger partial charge in [0.15, 0.2) is 0 Å². The van der Waals surface area contributed by atoms with Crippen molar-refractivity contribution >= 4 is 35.7 Å². The lowest BCUT2D eigenvalue weighted by Gasteiger charge is -2.35. The molecule has 0 aliphatic carbocycles. The molecule has 13 nitrogen and oxygen atoms in total. The number of carbonyl (C=O) groups excluding carboxylic acids is 6. The minimum absolute atomic E-state index is 0.0407. The maximum Gasteiger partial charge on any atom is 0.410 e. The van der Waals surface area contributed by atoms with Crippen LogP contribution < -0.4 is 16.0 Å². The molecule has 1 fully saturated rings. The highest BCUT2D eigenvalue weighted by Gasteiger charge is 2.47. The summed E-state index contributed by atoms with van der Waals surface area (Å²) in [4.78, 5) is 84.8. The summed E-state index contributed by atoms with van der Waals surface area (Å²) in [5.41, 5.74) is 3.39. The van der Waals surface area contributed by atoms with E-state index < -0.39 is 71.4 Å². The van der Waals surface area contributed by atoms with E-state index in [9.17, 15) is 28.8 Å². The molecule has 2 aromatic carbocycles. The first-order valence-corrected chi connectivity index (χ1v) is 19.3. The van der Waals surface area contributed by atoms with E-state index in [1.54, 1.807) is 32.6 Å². The number of cyclic esters (lactones) is 1. The van der Waals surface area contributed by atoms with Crippen molar-refractivity contribution in [2.75, 3.05) is 13.2 Å².